The lowest BCUT2D eigenvalue weighted by atomic mass is 9.98. The maximum atomic E-state index is 13.9. The number of amides is 1. The molecule has 4 N–H and O–H groups in total. The molecule has 2 aromatic carbocycles. The van der Waals surface area contributed by atoms with Gasteiger partial charge >= 0.3 is 0 Å². The van der Waals surface area contributed by atoms with Gasteiger partial charge in [0.15, 0.2) is 11.6 Å². The molecule has 0 radical (unpaired) electrons. The highest BCUT2D eigenvalue weighted by atomic mass is 35.5. The van der Waals surface area contributed by atoms with Gasteiger partial charge in [-0.05, 0) is 35.7 Å². The number of ether oxygens (including phenoxy) is 1. The van der Waals surface area contributed by atoms with Crippen LogP contribution in [0.5, 0.6) is 5.75 Å². The van der Waals surface area contributed by atoms with Crippen LogP contribution in [0.1, 0.15) is 11.1 Å². The number of hydrogen-bond acceptors (Lipinski definition) is 4. The van der Waals surface area contributed by atoms with Crippen LogP contribution in [0.3, 0.4) is 0 Å². The van der Waals surface area contributed by atoms with E-state index in [2.05, 4.69) is 5.32 Å². The first-order valence-corrected chi connectivity index (χ1v) is 8.64. The van der Waals surface area contributed by atoms with Crippen LogP contribution in [-0.4, -0.2) is 30.8 Å². The van der Waals surface area contributed by atoms with Crippen molar-refractivity contribution in [2.24, 2.45) is 11.7 Å². The molecule has 140 valence electrons. The quantitative estimate of drug-likeness (QED) is 0.590. The van der Waals surface area contributed by atoms with E-state index in [-0.39, 0.29) is 19.0 Å². The van der Waals surface area contributed by atoms with Gasteiger partial charge in [0.1, 0.15) is 6.61 Å². The summed E-state index contributed by atoms with van der Waals surface area (Å²) in [4.78, 5) is 11.7. The zero-order valence-electron chi connectivity index (χ0n) is 14.3. The molecule has 7 heteroatoms. The predicted molar refractivity (Wildman–Crippen MR) is 98.5 cm³/mol. The molecule has 0 saturated heterocycles. The van der Waals surface area contributed by atoms with E-state index in [1.54, 1.807) is 12.1 Å². The third-order valence-electron chi connectivity index (χ3n) is 3.89. The van der Waals surface area contributed by atoms with Crippen LogP contribution in [0.15, 0.2) is 42.5 Å². The Labute approximate surface area is 156 Å². The molecule has 0 aliphatic carbocycles. The van der Waals surface area contributed by atoms with Crippen molar-refractivity contribution in [3.63, 3.8) is 0 Å². The molecule has 0 aliphatic heterocycles. The summed E-state index contributed by atoms with van der Waals surface area (Å²) >= 11 is 6.13. The van der Waals surface area contributed by atoms with Gasteiger partial charge in [-0.2, -0.15) is 0 Å². The van der Waals surface area contributed by atoms with Crippen LogP contribution < -0.4 is 15.8 Å². The predicted octanol–water partition coefficient (Wildman–Crippen LogP) is 2.28. The zero-order valence-corrected chi connectivity index (χ0v) is 15.0. The monoisotopic (exact) mass is 380 g/mol. The average Bonchev–Trinajstić information content (AvgIpc) is 2.61. The number of nitrogens with two attached hydrogens (primary N) is 1. The Morgan fingerprint density at radius 2 is 2.08 bits per heavy atom. The molecule has 0 aromatic heterocycles. The van der Waals surface area contributed by atoms with Crippen LogP contribution in [0.4, 0.5) is 4.39 Å². The minimum atomic E-state index is -0.500. The van der Waals surface area contributed by atoms with Crippen LogP contribution in [0.25, 0.3) is 0 Å². The highest BCUT2D eigenvalue weighted by Crippen LogP contribution is 2.20. The Bertz CT molecular complexity index is 742. The maximum absolute atomic E-state index is 13.9. The van der Waals surface area contributed by atoms with Crippen LogP contribution in [0, 0.1) is 11.7 Å². The second-order valence-electron chi connectivity index (χ2n) is 5.86. The zero-order chi connectivity index (χ0) is 18.9. The van der Waals surface area contributed by atoms with Gasteiger partial charge in [-0.25, -0.2) is 4.39 Å². The molecular formula is C19H22ClFN2O3. The second kappa shape index (κ2) is 10.1. The minimum absolute atomic E-state index is 0.0385. The van der Waals surface area contributed by atoms with Gasteiger partial charge in [0.25, 0.3) is 0 Å². The summed E-state index contributed by atoms with van der Waals surface area (Å²) in [6.45, 7) is 0.591. The van der Waals surface area contributed by atoms with Crippen molar-refractivity contribution in [1.82, 2.24) is 5.32 Å². The number of aliphatic hydroxyl groups excluding tert-OH is 1. The number of nitrogens with one attached hydrogen (secondary N) is 1. The maximum Gasteiger partial charge on any atom is 0.222 e. The average molecular weight is 381 g/mol. The largest absolute Gasteiger partial charge is 0.488 e. The molecule has 0 heterocycles. The number of carbonyl (C=O) groups is 1. The van der Waals surface area contributed by atoms with Gasteiger partial charge in [0.05, 0.1) is 12.5 Å². The first-order valence-electron chi connectivity index (χ1n) is 8.26. The number of primary amides is 1. The molecule has 5 nitrogen and oxygen atoms in total. The first-order chi connectivity index (χ1) is 12.5. The number of benzene rings is 2. The van der Waals surface area contributed by atoms with E-state index in [9.17, 15) is 9.18 Å². The molecule has 2 rings (SSSR count). The lowest BCUT2D eigenvalue weighted by Gasteiger charge is -2.15. The van der Waals surface area contributed by atoms with Crippen molar-refractivity contribution in [2.45, 2.75) is 13.0 Å². The minimum Gasteiger partial charge on any atom is -0.488 e. The molecule has 0 fully saturated rings. The van der Waals surface area contributed by atoms with Crippen molar-refractivity contribution >= 4 is 17.5 Å². The molecule has 26 heavy (non-hydrogen) atoms. The van der Waals surface area contributed by atoms with Gasteiger partial charge in [-0.15, -0.1) is 0 Å². The Hall–Kier alpha value is -2.15. The van der Waals surface area contributed by atoms with Crippen molar-refractivity contribution in [1.29, 1.82) is 0 Å². The van der Waals surface area contributed by atoms with Gasteiger partial charge in [0, 0.05) is 18.1 Å². The Morgan fingerprint density at radius 3 is 2.73 bits per heavy atom. The molecular weight excluding hydrogens is 359 g/mol. The molecule has 1 atom stereocenters. The first kappa shape index (κ1) is 20.2. The molecule has 0 spiro atoms. The Balaban J connectivity index is 1.90. The van der Waals surface area contributed by atoms with E-state index < -0.39 is 17.6 Å². The third kappa shape index (κ3) is 5.98. The lowest BCUT2D eigenvalue weighted by Crippen LogP contribution is -2.34. The van der Waals surface area contributed by atoms with Crippen molar-refractivity contribution in [2.75, 3.05) is 19.8 Å². The summed E-state index contributed by atoms with van der Waals surface area (Å²) in [5.74, 6) is -1.25. The summed E-state index contributed by atoms with van der Waals surface area (Å²) in [5, 5.41) is 12.4. The standard InChI is InChI=1S/C19H22ClFN2O3/c20-16-4-2-1-3-14(16)10-15(19(22)25)12-23-11-13-5-6-18(17(21)9-13)26-8-7-24/h1-6,9,15,23-24H,7-8,10-12H2,(H2,22,25). The fourth-order valence-electron chi connectivity index (χ4n) is 2.52. The smallest absolute Gasteiger partial charge is 0.222 e. The molecule has 1 unspecified atom stereocenters. The van der Waals surface area contributed by atoms with E-state index in [1.807, 2.05) is 18.2 Å². The van der Waals surface area contributed by atoms with Gasteiger partial charge in [0.2, 0.25) is 5.91 Å². The van der Waals surface area contributed by atoms with Crippen molar-refractivity contribution in [3.05, 3.63) is 64.4 Å². The Kier molecular flexibility index (Phi) is 7.84. The second-order valence-corrected chi connectivity index (χ2v) is 6.27. The van der Waals surface area contributed by atoms with Crippen LogP contribution in [0.2, 0.25) is 5.02 Å². The molecule has 2 aromatic rings. The molecule has 0 saturated carbocycles. The topological polar surface area (TPSA) is 84.6 Å². The lowest BCUT2D eigenvalue weighted by molar-refractivity contribution is -0.121. The van der Waals surface area contributed by atoms with E-state index >= 15 is 0 Å². The van der Waals surface area contributed by atoms with Crippen molar-refractivity contribution in [3.8, 4) is 5.75 Å². The summed E-state index contributed by atoms with van der Waals surface area (Å²) in [6, 6.07) is 11.9. The van der Waals surface area contributed by atoms with E-state index in [0.29, 0.717) is 30.1 Å². The third-order valence-corrected chi connectivity index (χ3v) is 4.26. The number of carbonyl (C=O) groups excluding carboxylic acids is 1. The summed E-state index contributed by atoms with van der Waals surface area (Å²) in [5.41, 5.74) is 7.05. The van der Waals surface area contributed by atoms with Crippen LogP contribution >= 0.6 is 11.6 Å². The summed E-state index contributed by atoms with van der Waals surface area (Å²) < 4.78 is 19.0. The fourth-order valence-corrected chi connectivity index (χ4v) is 2.73. The highest BCUT2D eigenvalue weighted by molar-refractivity contribution is 6.31. The van der Waals surface area contributed by atoms with Crippen LogP contribution in [-0.2, 0) is 17.8 Å². The highest BCUT2D eigenvalue weighted by Gasteiger charge is 2.17. The SMILES string of the molecule is NC(=O)C(CNCc1ccc(OCCO)c(F)c1)Cc1ccccc1Cl. The molecule has 0 bridgehead atoms. The number of hydrogen-bond donors (Lipinski definition) is 3. The van der Waals surface area contributed by atoms with E-state index in [0.717, 1.165) is 5.56 Å². The number of halogens is 2. The number of aliphatic hydroxyl groups is 1. The van der Waals surface area contributed by atoms with E-state index in [1.165, 1.54) is 12.1 Å². The number of rotatable bonds is 10. The van der Waals surface area contributed by atoms with Crippen molar-refractivity contribution < 1.29 is 19.0 Å². The Morgan fingerprint density at radius 1 is 1.31 bits per heavy atom. The molecule has 1 amide bonds. The summed E-state index contributed by atoms with van der Waals surface area (Å²) in [6.07, 6.45) is 0.435. The molecule has 0 aliphatic rings. The summed E-state index contributed by atoms with van der Waals surface area (Å²) in [7, 11) is 0. The normalized spacial score (nSPS) is 12.0. The van der Waals surface area contributed by atoms with Gasteiger partial charge in [-0.3, -0.25) is 4.79 Å². The fraction of sp³-hybridized carbons (Fsp3) is 0.316. The van der Waals surface area contributed by atoms with Gasteiger partial charge in [-0.1, -0.05) is 35.9 Å². The van der Waals surface area contributed by atoms with E-state index in [4.69, 9.17) is 27.2 Å². The van der Waals surface area contributed by atoms with Gasteiger partial charge < -0.3 is 20.9 Å².